The van der Waals surface area contributed by atoms with E-state index in [0.717, 1.165) is 43.9 Å². The molecular weight excluding hydrogens is 350 g/mol. The highest BCUT2D eigenvalue weighted by Gasteiger charge is 2.33. The highest BCUT2D eigenvalue weighted by molar-refractivity contribution is 6.03. The van der Waals surface area contributed by atoms with Crippen LogP contribution in [0.1, 0.15) is 19.3 Å². The third kappa shape index (κ3) is 3.81. The lowest BCUT2D eigenvalue weighted by Gasteiger charge is -2.23. The monoisotopic (exact) mass is 373 g/mol. The molecule has 0 saturated carbocycles. The molecule has 0 aliphatic carbocycles. The number of anilines is 1. The van der Waals surface area contributed by atoms with Crippen molar-refractivity contribution >= 4 is 23.7 Å². The van der Waals surface area contributed by atoms with Gasteiger partial charge in [0.2, 0.25) is 11.8 Å². The van der Waals surface area contributed by atoms with E-state index in [9.17, 15) is 14.4 Å². The minimum Gasteiger partial charge on any atom is -0.485 e. The first-order valence-electron chi connectivity index (χ1n) is 9.33. The van der Waals surface area contributed by atoms with Gasteiger partial charge in [0, 0.05) is 32.3 Å². The highest BCUT2D eigenvalue weighted by Crippen LogP contribution is 2.30. The molecule has 1 N–H and O–H groups in total. The van der Waals surface area contributed by atoms with Crippen LogP contribution in [0.15, 0.2) is 18.3 Å². The first-order valence-corrected chi connectivity index (χ1v) is 9.33. The zero-order chi connectivity index (χ0) is 18.8. The fourth-order valence-electron chi connectivity index (χ4n) is 3.75. The average Bonchev–Trinajstić information content (AvgIpc) is 3.38. The lowest BCUT2D eigenvalue weighted by Crippen LogP contribution is -2.41. The molecule has 1 aromatic rings. The lowest BCUT2D eigenvalue weighted by molar-refractivity contribution is -0.131. The van der Waals surface area contributed by atoms with Gasteiger partial charge in [-0.25, -0.2) is 9.78 Å². The molecule has 4 rings (SSSR count). The van der Waals surface area contributed by atoms with Gasteiger partial charge in [-0.15, -0.1) is 0 Å². The summed E-state index contributed by atoms with van der Waals surface area (Å²) in [5, 5.41) is 2.18. The summed E-state index contributed by atoms with van der Waals surface area (Å²) >= 11 is 0. The second-order valence-corrected chi connectivity index (χ2v) is 7.10. The van der Waals surface area contributed by atoms with Gasteiger partial charge in [-0.2, -0.15) is 0 Å². The number of carbonyl (C=O) groups is 3. The second kappa shape index (κ2) is 7.42. The zero-order valence-electron chi connectivity index (χ0n) is 15.1. The van der Waals surface area contributed by atoms with Gasteiger partial charge in [0.1, 0.15) is 19.2 Å². The standard InChI is InChI=1S/C18H23N5O4/c24-15-11-23(18(26)20-15)12-16(25)22-9-5-13(10-22)27-14-4-3-6-19-17(14)21-7-1-2-8-21/h3-4,6,13H,1-2,5,7-12H2,(H,20,24,26)/t13-/m1/s1. The molecule has 0 unspecified atom stereocenters. The summed E-state index contributed by atoms with van der Waals surface area (Å²) in [7, 11) is 0. The van der Waals surface area contributed by atoms with E-state index in [-0.39, 0.29) is 31.0 Å². The zero-order valence-corrected chi connectivity index (χ0v) is 15.1. The fraction of sp³-hybridized carbons (Fsp3) is 0.556. The van der Waals surface area contributed by atoms with E-state index < -0.39 is 6.03 Å². The Labute approximate surface area is 157 Å². The van der Waals surface area contributed by atoms with Crippen LogP contribution in [0.5, 0.6) is 5.75 Å². The maximum Gasteiger partial charge on any atom is 0.325 e. The number of aromatic nitrogens is 1. The van der Waals surface area contributed by atoms with Crippen molar-refractivity contribution in [3.8, 4) is 5.75 Å². The third-order valence-electron chi connectivity index (χ3n) is 5.14. The topological polar surface area (TPSA) is 95.1 Å². The smallest absolute Gasteiger partial charge is 0.325 e. The first-order chi connectivity index (χ1) is 13.1. The van der Waals surface area contributed by atoms with Crippen molar-refractivity contribution in [2.24, 2.45) is 0 Å². The SMILES string of the molecule is O=C1CN(CC(=O)N2CC[C@@H](Oc3cccnc3N3CCCC3)C2)C(=O)N1. The van der Waals surface area contributed by atoms with Crippen molar-refractivity contribution in [2.75, 3.05) is 44.2 Å². The van der Waals surface area contributed by atoms with E-state index in [1.54, 1.807) is 11.1 Å². The fourth-order valence-corrected chi connectivity index (χ4v) is 3.75. The number of hydrogen-bond donors (Lipinski definition) is 1. The quantitative estimate of drug-likeness (QED) is 0.742. The van der Waals surface area contributed by atoms with Crippen molar-refractivity contribution < 1.29 is 19.1 Å². The number of nitrogens with one attached hydrogen (secondary N) is 1. The molecule has 0 bridgehead atoms. The summed E-state index contributed by atoms with van der Waals surface area (Å²) in [6.07, 6.45) is 4.72. The van der Waals surface area contributed by atoms with Gasteiger partial charge in [0.25, 0.3) is 0 Å². The number of carbonyl (C=O) groups excluding carboxylic acids is 3. The van der Waals surface area contributed by atoms with Crippen molar-refractivity contribution in [1.82, 2.24) is 20.1 Å². The van der Waals surface area contributed by atoms with E-state index >= 15 is 0 Å². The Morgan fingerprint density at radius 3 is 2.81 bits per heavy atom. The Kier molecular flexibility index (Phi) is 4.83. The molecule has 3 aliphatic heterocycles. The molecule has 0 spiro atoms. The molecule has 9 nitrogen and oxygen atoms in total. The number of amides is 4. The van der Waals surface area contributed by atoms with Crippen LogP contribution < -0.4 is 15.0 Å². The third-order valence-corrected chi connectivity index (χ3v) is 5.14. The summed E-state index contributed by atoms with van der Waals surface area (Å²) in [5.41, 5.74) is 0. The molecule has 0 aromatic carbocycles. The van der Waals surface area contributed by atoms with Crippen LogP contribution in [-0.4, -0.2) is 78.0 Å². The Morgan fingerprint density at radius 1 is 1.26 bits per heavy atom. The van der Waals surface area contributed by atoms with E-state index in [2.05, 4.69) is 15.2 Å². The van der Waals surface area contributed by atoms with Gasteiger partial charge < -0.3 is 19.4 Å². The number of ether oxygens (including phenoxy) is 1. The number of pyridine rings is 1. The molecule has 4 amide bonds. The molecule has 3 saturated heterocycles. The van der Waals surface area contributed by atoms with Crippen LogP contribution in [0, 0.1) is 0 Å². The predicted molar refractivity (Wildman–Crippen MR) is 96.4 cm³/mol. The summed E-state index contributed by atoms with van der Waals surface area (Å²) in [4.78, 5) is 44.9. The number of likely N-dealkylation sites (tertiary alicyclic amines) is 1. The van der Waals surface area contributed by atoms with Crippen LogP contribution in [0.4, 0.5) is 10.6 Å². The van der Waals surface area contributed by atoms with Gasteiger partial charge >= 0.3 is 6.03 Å². The Bertz CT molecular complexity index is 749. The largest absolute Gasteiger partial charge is 0.485 e. The van der Waals surface area contributed by atoms with Gasteiger partial charge in [0.05, 0.1) is 6.54 Å². The maximum absolute atomic E-state index is 12.4. The van der Waals surface area contributed by atoms with Gasteiger partial charge in [-0.05, 0) is 25.0 Å². The number of hydrogen-bond acceptors (Lipinski definition) is 6. The molecule has 1 atom stereocenters. The molecular formula is C18H23N5O4. The van der Waals surface area contributed by atoms with Crippen LogP contribution in [0.3, 0.4) is 0 Å². The highest BCUT2D eigenvalue weighted by atomic mass is 16.5. The number of imide groups is 1. The summed E-state index contributed by atoms with van der Waals surface area (Å²) < 4.78 is 6.16. The minimum absolute atomic E-state index is 0.0623. The predicted octanol–water partition coefficient (Wildman–Crippen LogP) is 0.213. The molecule has 144 valence electrons. The molecule has 3 fully saturated rings. The Hall–Kier alpha value is -2.84. The molecule has 0 radical (unpaired) electrons. The van der Waals surface area contributed by atoms with Crippen LogP contribution >= 0.6 is 0 Å². The van der Waals surface area contributed by atoms with Crippen molar-refractivity contribution in [3.63, 3.8) is 0 Å². The van der Waals surface area contributed by atoms with E-state index in [1.807, 2.05) is 12.1 Å². The van der Waals surface area contributed by atoms with Crippen molar-refractivity contribution in [2.45, 2.75) is 25.4 Å². The Balaban J connectivity index is 1.34. The Morgan fingerprint density at radius 2 is 2.07 bits per heavy atom. The van der Waals surface area contributed by atoms with Gasteiger partial charge in [-0.3, -0.25) is 14.9 Å². The molecule has 1 aromatic heterocycles. The van der Waals surface area contributed by atoms with E-state index in [1.165, 1.54) is 4.90 Å². The van der Waals surface area contributed by atoms with Crippen LogP contribution in [0.2, 0.25) is 0 Å². The number of urea groups is 1. The van der Waals surface area contributed by atoms with Crippen molar-refractivity contribution in [3.05, 3.63) is 18.3 Å². The van der Waals surface area contributed by atoms with Crippen LogP contribution in [-0.2, 0) is 9.59 Å². The first kappa shape index (κ1) is 17.6. The van der Waals surface area contributed by atoms with Gasteiger partial charge in [-0.1, -0.05) is 0 Å². The summed E-state index contributed by atoms with van der Waals surface area (Å²) in [6, 6.07) is 3.27. The average molecular weight is 373 g/mol. The number of rotatable bonds is 5. The maximum atomic E-state index is 12.4. The molecule has 3 aliphatic rings. The summed E-state index contributed by atoms with van der Waals surface area (Å²) in [5.74, 6) is 1.08. The summed E-state index contributed by atoms with van der Waals surface area (Å²) in [6.45, 7) is 2.87. The van der Waals surface area contributed by atoms with Gasteiger partial charge in [0.15, 0.2) is 11.6 Å². The van der Waals surface area contributed by atoms with E-state index in [0.29, 0.717) is 13.1 Å². The molecule has 27 heavy (non-hydrogen) atoms. The number of nitrogens with zero attached hydrogens (tertiary/aromatic N) is 4. The molecule has 9 heteroatoms. The van der Waals surface area contributed by atoms with Crippen molar-refractivity contribution in [1.29, 1.82) is 0 Å². The minimum atomic E-state index is -0.508. The normalized spacial score (nSPS) is 22.5. The molecule has 4 heterocycles. The lowest BCUT2D eigenvalue weighted by atomic mass is 10.3. The van der Waals surface area contributed by atoms with Crippen LogP contribution in [0.25, 0.3) is 0 Å². The second-order valence-electron chi connectivity index (χ2n) is 7.10. The van der Waals surface area contributed by atoms with E-state index in [4.69, 9.17) is 4.74 Å².